The van der Waals surface area contributed by atoms with Crippen LogP contribution in [0, 0.1) is 0 Å². The van der Waals surface area contributed by atoms with Crippen LogP contribution in [0.1, 0.15) is 18.5 Å². The quantitative estimate of drug-likeness (QED) is 0.390. The zero-order chi connectivity index (χ0) is 18.4. The van der Waals surface area contributed by atoms with E-state index in [1.54, 1.807) is 7.11 Å². The first-order chi connectivity index (χ1) is 12.7. The number of aromatic nitrogens is 1. The van der Waals surface area contributed by atoms with Crippen molar-refractivity contribution in [1.29, 1.82) is 0 Å². The number of ether oxygens (including phenoxy) is 1. The third kappa shape index (κ3) is 5.79. The van der Waals surface area contributed by atoms with E-state index in [4.69, 9.17) is 4.74 Å². The Kier molecular flexibility index (Phi) is 8.27. The Hall–Kier alpha value is -1.90. The van der Waals surface area contributed by atoms with Gasteiger partial charge < -0.3 is 24.8 Å². The average molecular weight is 483 g/mol. The van der Waals surface area contributed by atoms with Crippen molar-refractivity contribution < 1.29 is 4.74 Å². The summed E-state index contributed by atoms with van der Waals surface area (Å²) < 4.78 is 7.47. The highest BCUT2D eigenvalue weighted by molar-refractivity contribution is 14.0. The number of nitrogens with zero attached hydrogens (tertiary/aromatic N) is 3. The zero-order valence-corrected chi connectivity index (χ0v) is 18.6. The molecule has 1 aromatic carbocycles. The molecule has 2 heterocycles. The number of aryl methyl sites for hydroxylation is 1. The molecule has 1 fully saturated rings. The van der Waals surface area contributed by atoms with Gasteiger partial charge in [0, 0.05) is 56.9 Å². The SMILES string of the molecule is CN=C(NCc1cccn1C)NC1CCCN(c2cccc(OC)c2)C1.I. The molecule has 1 unspecified atom stereocenters. The summed E-state index contributed by atoms with van der Waals surface area (Å²) >= 11 is 0. The summed E-state index contributed by atoms with van der Waals surface area (Å²) in [7, 11) is 5.59. The minimum Gasteiger partial charge on any atom is -0.497 e. The standard InChI is InChI=1S/C20H29N5O.HI/c1-21-20(22-14-18-9-6-11-24(18)2)23-16-7-5-12-25(15-16)17-8-4-10-19(13-17)26-3;/h4,6,8-11,13,16H,5,7,12,14-15H2,1-3H3,(H2,21,22,23);1H. The van der Waals surface area contributed by atoms with Crippen LogP contribution in [0.5, 0.6) is 5.75 Å². The molecule has 0 radical (unpaired) electrons. The molecular formula is C20H30IN5O. The molecule has 6 nitrogen and oxygen atoms in total. The fraction of sp³-hybridized carbons (Fsp3) is 0.450. The normalized spacial score (nSPS) is 17.2. The van der Waals surface area contributed by atoms with Gasteiger partial charge in [-0.05, 0) is 37.1 Å². The predicted octanol–water partition coefficient (Wildman–Crippen LogP) is 2.99. The minimum absolute atomic E-state index is 0. The van der Waals surface area contributed by atoms with Gasteiger partial charge in [-0.2, -0.15) is 0 Å². The van der Waals surface area contributed by atoms with Gasteiger partial charge in [0.25, 0.3) is 0 Å². The Morgan fingerprint density at radius 2 is 2.15 bits per heavy atom. The van der Waals surface area contributed by atoms with Gasteiger partial charge in [-0.3, -0.25) is 4.99 Å². The number of anilines is 1. The molecule has 2 N–H and O–H groups in total. The summed E-state index contributed by atoms with van der Waals surface area (Å²) in [6.07, 6.45) is 4.36. The molecule has 1 saturated heterocycles. The Labute approximate surface area is 179 Å². The summed E-state index contributed by atoms with van der Waals surface area (Å²) in [5, 5.41) is 6.98. The first kappa shape index (κ1) is 21.4. The van der Waals surface area contributed by atoms with E-state index in [-0.39, 0.29) is 24.0 Å². The second-order valence-electron chi connectivity index (χ2n) is 6.67. The Balaban J connectivity index is 0.00000261. The second-order valence-corrected chi connectivity index (χ2v) is 6.67. The molecule has 3 rings (SSSR count). The largest absolute Gasteiger partial charge is 0.497 e. The molecule has 0 spiro atoms. The summed E-state index contributed by atoms with van der Waals surface area (Å²) in [5.74, 6) is 1.75. The molecule has 0 aliphatic carbocycles. The van der Waals surface area contributed by atoms with E-state index in [0.29, 0.717) is 6.04 Å². The van der Waals surface area contributed by atoms with Crippen molar-refractivity contribution in [2.45, 2.75) is 25.4 Å². The number of methoxy groups -OCH3 is 1. The van der Waals surface area contributed by atoms with Crippen molar-refractivity contribution in [2.75, 3.05) is 32.1 Å². The highest BCUT2D eigenvalue weighted by Crippen LogP contribution is 2.24. The van der Waals surface area contributed by atoms with E-state index in [9.17, 15) is 0 Å². The summed E-state index contributed by atoms with van der Waals surface area (Å²) in [6, 6.07) is 12.8. The molecule has 1 aliphatic rings. The maximum absolute atomic E-state index is 5.36. The number of rotatable bonds is 5. The van der Waals surface area contributed by atoms with Crippen LogP contribution in [0.2, 0.25) is 0 Å². The van der Waals surface area contributed by atoms with Crippen LogP contribution in [0.3, 0.4) is 0 Å². The number of nitrogens with one attached hydrogen (secondary N) is 2. The van der Waals surface area contributed by atoms with Crippen LogP contribution >= 0.6 is 24.0 Å². The summed E-state index contributed by atoms with van der Waals surface area (Å²) in [6.45, 7) is 2.79. The fourth-order valence-corrected chi connectivity index (χ4v) is 3.38. The van der Waals surface area contributed by atoms with E-state index >= 15 is 0 Å². The molecular weight excluding hydrogens is 453 g/mol. The van der Waals surface area contributed by atoms with Crippen LogP contribution in [-0.2, 0) is 13.6 Å². The number of hydrogen-bond acceptors (Lipinski definition) is 3. The summed E-state index contributed by atoms with van der Waals surface area (Å²) in [5.41, 5.74) is 2.44. The molecule has 0 saturated carbocycles. The molecule has 1 aromatic heterocycles. The smallest absolute Gasteiger partial charge is 0.191 e. The lowest BCUT2D eigenvalue weighted by atomic mass is 10.0. The lowest BCUT2D eigenvalue weighted by Gasteiger charge is -2.35. The van der Waals surface area contributed by atoms with Crippen LogP contribution in [-0.4, -0.2) is 43.8 Å². The Bertz CT molecular complexity index is 745. The lowest BCUT2D eigenvalue weighted by Crippen LogP contribution is -2.51. The van der Waals surface area contributed by atoms with Gasteiger partial charge >= 0.3 is 0 Å². The van der Waals surface area contributed by atoms with E-state index < -0.39 is 0 Å². The number of halogens is 1. The topological polar surface area (TPSA) is 53.8 Å². The number of hydrogen-bond donors (Lipinski definition) is 2. The molecule has 1 atom stereocenters. The molecule has 27 heavy (non-hydrogen) atoms. The van der Waals surface area contributed by atoms with E-state index in [1.807, 2.05) is 19.2 Å². The maximum atomic E-state index is 5.36. The van der Waals surface area contributed by atoms with Crippen molar-refractivity contribution in [3.8, 4) is 5.75 Å². The number of piperidine rings is 1. The molecule has 2 aromatic rings. The zero-order valence-electron chi connectivity index (χ0n) is 16.3. The van der Waals surface area contributed by atoms with Crippen LogP contribution in [0.15, 0.2) is 47.6 Å². The minimum atomic E-state index is 0. The molecule has 0 amide bonds. The van der Waals surface area contributed by atoms with Gasteiger partial charge in [0.15, 0.2) is 5.96 Å². The predicted molar refractivity (Wildman–Crippen MR) is 122 cm³/mol. The lowest BCUT2D eigenvalue weighted by molar-refractivity contribution is 0.414. The first-order valence-electron chi connectivity index (χ1n) is 9.16. The highest BCUT2D eigenvalue weighted by atomic mass is 127. The summed E-state index contributed by atoms with van der Waals surface area (Å²) in [4.78, 5) is 6.79. The highest BCUT2D eigenvalue weighted by Gasteiger charge is 2.21. The number of guanidine groups is 1. The molecule has 0 bridgehead atoms. The van der Waals surface area contributed by atoms with Crippen molar-refractivity contribution in [1.82, 2.24) is 15.2 Å². The van der Waals surface area contributed by atoms with Crippen molar-refractivity contribution in [3.63, 3.8) is 0 Å². The third-order valence-corrected chi connectivity index (χ3v) is 4.89. The van der Waals surface area contributed by atoms with E-state index in [2.05, 4.69) is 62.6 Å². The number of benzene rings is 1. The van der Waals surface area contributed by atoms with Gasteiger partial charge in [-0.15, -0.1) is 24.0 Å². The monoisotopic (exact) mass is 483 g/mol. The van der Waals surface area contributed by atoms with Crippen molar-refractivity contribution in [2.24, 2.45) is 12.0 Å². The number of aliphatic imine (C=N–C) groups is 1. The van der Waals surface area contributed by atoms with Crippen molar-refractivity contribution in [3.05, 3.63) is 48.3 Å². The maximum Gasteiger partial charge on any atom is 0.191 e. The molecule has 7 heteroatoms. The van der Waals surface area contributed by atoms with Gasteiger partial charge in [-0.1, -0.05) is 6.07 Å². The molecule has 148 valence electrons. The average Bonchev–Trinajstić information content (AvgIpc) is 3.10. The fourth-order valence-electron chi connectivity index (χ4n) is 3.38. The first-order valence-corrected chi connectivity index (χ1v) is 9.16. The van der Waals surface area contributed by atoms with Gasteiger partial charge in [0.2, 0.25) is 0 Å². The van der Waals surface area contributed by atoms with Crippen molar-refractivity contribution >= 4 is 35.6 Å². The van der Waals surface area contributed by atoms with Crippen LogP contribution in [0.4, 0.5) is 5.69 Å². The van der Waals surface area contributed by atoms with Gasteiger partial charge in [-0.25, -0.2) is 0 Å². The van der Waals surface area contributed by atoms with Gasteiger partial charge in [0.05, 0.1) is 13.7 Å². The third-order valence-electron chi connectivity index (χ3n) is 4.89. The Morgan fingerprint density at radius 1 is 1.30 bits per heavy atom. The van der Waals surface area contributed by atoms with Crippen LogP contribution < -0.4 is 20.3 Å². The Morgan fingerprint density at radius 3 is 2.85 bits per heavy atom. The second kappa shape index (κ2) is 10.4. The van der Waals surface area contributed by atoms with E-state index in [0.717, 1.165) is 44.2 Å². The van der Waals surface area contributed by atoms with E-state index in [1.165, 1.54) is 11.4 Å². The van der Waals surface area contributed by atoms with Crippen LogP contribution in [0.25, 0.3) is 0 Å². The van der Waals surface area contributed by atoms with Gasteiger partial charge in [0.1, 0.15) is 5.75 Å². The molecule has 1 aliphatic heterocycles.